The molecule has 5 nitrogen and oxygen atoms in total. The van der Waals surface area contributed by atoms with Crippen LogP contribution in [-0.2, 0) is 4.79 Å². The zero-order chi connectivity index (χ0) is 15.7. The molecule has 22 heavy (non-hydrogen) atoms. The van der Waals surface area contributed by atoms with Crippen molar-refractivity contribution in [2.24, 2.45) is 5.92 Å². The fraction of sp³-hybridized carbons (Fsp3) is 0.412. The molecule has 1 saturated heterocycles. The van der Waals surface area contributed by atoms with Crippen LogP contribution >= 0.6 is 0 Å². The van der Waals surface area contributed by atoms with E-state index in [0.717, 1.165) is 28.9 Å². The van der Waals surface area contributed by atoms with Crippen LogP contribution < -0.4 is 9.64 Å². The average Bonchev–Trinajstić information content (AvgIpc) is 2.96. The van der Waals surface area contributed by atoms with Crippen molar-refractivity contribution in [2.45, 2.75) is 26.4 Å². The molecule has 0 bridgehead atoms. The lowest BCUT2D eigenvalue weighted by Crippen LogP contribution is -2.22. The van der Waals surface area contributed by atoms with Gasteiger partial charge in [0, 0.05) is 30.4 Å². The third-order valence-electron chi connectivity index (χ3n) is 3.94. The van der Waals surface area contributed by atoms with E-state index in [-0.39, 0.29) is 12.0 Å². The van der Waals surface area contributed by atoms with Gasteiger partial charge in [0.25, 0.3) is 0 Å². The summed E-state index contributed by atoms with van der Waals surface area (Å²) in [5.74, 6) is -0.200. The monoisotopic (exact) mass is 300 g/mol. The van der Waals surface area contributed by atoms with Crippen molar-refractivity contribution >= 4 is 22.6 Å². The highest BCUT2D eigenvalue weighted by Gasteiger charge is 2.28. The minimum Gasteiger partial charge on any atom is -0.491 e. The Hall–Kier alpha value is -2.30. The van der Waals surface area contributed by atoms with Crippen LogP contribution in [0.15, 0.2) is 30.5 Å². The van der Waals surface area contributed by atoms with E-state index in [1.807, 2.05) is 38.1 Å². The normalized spacial score (nSPS) is 18.1. The second-order valence-corrected chi connectivity index (χ2v) is 5.95. The average molecular weight is 300 g/mol. The molecular weight excluding hydrogens is 280 g/mol. The van der Waals surface area contributed by atoms with Gasteiger partial charge in [-0.3, -0.25) is 9.78 Å². The molecule has 3 rings (SSSR count). The lowest BCUT2D eigenvalue weighted by molar-refractivity contribution is -0.140. The molecule has 0 amide bonds. The second-order valence-electron chi connectivity index (χ2n) is 5.95. The van der Waals surface area contributed by atoms with Crippen LogP contribution in [0.3, 0.4) is 0 Å². The second kappa shape index (κ2) is 5.83. The number of carbonyl (C=O) groups is 1. The van der Waals surface area contributed by atoms with Crippen molar-refractivity contribution in [3.63, 3.8) is 0 Å². The van der Waals surface area contributed by atoms with Gasteiger partial charge in [0.15, 0.2) is 0 Å². The Labute approximate surface area is 129 Å². The number of pyridine rings is 1. The van der Waals surface area contributed by atoms with E-state index in [1.54, 1.807) is 6.20 Å². The van der Waals surface area contributed by atoms with Gasteiger partial charge in [-0.05, 0) is 44.5 Å². The Bertz CT molecular complexity index is 699. The molecule has 1 fully saturated rings. The smallest absolute Gasteiger partial charge is 0.308 e. The highest BCUT2D eigenvalue weighted by molar-refractivity contribution is 5.93. The van der Waals surface area contributed by atoms with Crippen molar-refractivity contribution in [3.05, 3.63) is 30.5 Å². The predicted octanol–water partition coefficient (Wildman–Crippen LogP) is 2.93. The number of fused-ring (bicyclic) bond motifs is 1. The number of aromatic nitrogens is 1. The minimum atomic E-state index is -0.718. The third kappa shape index (κ3) is 2.84. The number of rotatable bonds is 4. The largest absolute Gasteiger partial charge is 0.491 e. The van der Waals surface area contributed by atoms with Gasteiger partial charge in [0.1, 0.15) is 5.75 Å². The van der Waals surface area contributed by atoms with Crippen LogP contribution in [0.25, 0.3) is 10.9 Å². The number of anilines is 1. The first-order valence-corrected chi connectivity index (χ1v) is 7.58. The lowest BCUT2D eigenvalue weighted by Gasteiger charge is -2.20. The van der Waals surface area contributed by atoms with Gasteiger partial charge in [-0.1, -0.05) is 0 Å². The van der Waals surface area contributed by atoms with Crippen LogP contribution in [-0.4, -0.2) is 35.3 Å². The summed E-state index contributed by atoms with van der Waals surface area (Å²) in [6, 6.07) is 7.81. The maximum Gasteiger partial charge on any atom is 0.308 e. The molecule has 2 heterocycles. The number of nitrogens with zero attached hydrogens (tertiary/aromatic N) is 2. The molecule has 0 saturated carbocycles. The fourth-order valence-corrected chi connectivity index (χ4v) is 2.91. The van der Waals surface area contributed by atoms with Crippen molar-refractivity contribution in [3.8, 4) is 5.75 Å². The van der Waals surface area contributed by atoms with Crippen LogP contribution in [0.2, 0.25) is 0 Å². The maximum absolute atomic E-state index is 11.2. The SMILES string of the molecule is CC(C)Oc1ccc2nccc(N3CCC(C(=O)O)C3)c2c1. The first-order chi connectivity index (χ1) is 10.5. The molecule has 2 aromatic rings. The number of carboxylic acid groups (broad SMARTS) is 1. The van der Waals surface area contributed by atoms with Gasteiger partial charge in [0.05, 0.1) is 17.5 Å². The van der Waals surface area contributed by atoms with E-state index in [4.69, 9.17) is 4.74 Å². The number of ether oxygens (including phenoxy) is 1. The molecule has 1 aliphatic heterocycles. The summed E-state index contributed by atoms with van der Waals surface area (Å²) >= 11 is 0. The van der Waals surface area contributed by atoms with E-state index < -0.39 is 5.97 Å². The Morgan fingerprint density at radius 3 is 2.91 bits per heavy atom. The predicted molar refractivity (Wildman–Crippen MR) is 85.5 cm³/mol. The first-order valence-electron chi connectivity index (χ1n) is 7.58. The number of carboxylic acids is 1. The molecule has 1 unspecified atom stereocenters. The zero-order valence-electron chi connectivity index (χ0n) is 12.8. The van der Waals surface area contributed by atoms with Crippen LogP contribution in [0.4, 0.5) is 5.69 Å². The summed E-state index contributed by atoms with van der Waals surface area (Å²) in [7, 11) is 0. The molecule has 0 radical (unpaired) electrons. The molecule has 116 valence electrons. The Balaban J connectivity index is 1.97. The quantitative estimate of drug-likeness (QED) is 0.940. The fourth-order valence-electron chi connectivity index (χ4n) is 2.91. The van der Waals surface area contributed by atoms with Gasteiger partial charge in [-0.15, -0.1) is 0 Å². The van der Waals surface area contributed by atoms with Gasteiger partial charge in [-0.2, -0.15) is 0 Å². The van der Waals surface area contributed by atoms with Gasteiger partial charge < -0.3 is 14.7 Å². The van der Waals surface area contributed by atoms with E-state index >= 15 is 0 Å². The molecule has 1 aromatic heterocycles. The van der Waals surface area contributed by atoms with Crippen molar-refractivity contribution in [1.82, 2.24) is 4.98 Å². The standard InChI is InChI=1S/C17H20N2O3/c1-11(2)22-13-3-4-15-14(9-13)16(5-7-18-15)19-8-6-12(10-19)17(20)21/h3-5,7,9,11-12H,6,8,10H2,1-2H3,(H,20,21). The van der Waals surface area contributed by atoms with Gasteiger partial charge in [-0.25, -0.2) is 0 Å². The van der Waals surface area contributed by atoms with Crippen molar-refractivity contribution < 1.29 is 14.6 Å². The number of aliphatic carboxylic acids is 1. The molecule has 1 atom stereocenters. The van der Waals surface area contributed by atoms with E-state index in [2.05, 4.69) is 9.88 Å². The summed E-state index contributed by atoms with van der Waals surface area (Å²) < 4.78 is 5.76. The van der Waals surface area contributed by atoms with Gasteiger partial charge in [0.2, 0.25) is 0 Å². The molecule has 1 aromatic carbocycles. The molecular formula is C17H20N2O3. The van der Waals surface area contributed by atoms with Crippen molar-refractivity contribution in [2.75, 3.05) is 18.0 Å². The Morgan fingerprint density at radius 1 is 1.41 bits per heavy atom. The number of hydrogen-bond donors (Lipinski definition) is 1. The van der Waals surface area contributed by atoms with E-state index in [0.29, 0.717) is 13.0 Å². The van der Waals surface area contributed by atoms with E-state index in [9.17, 15) is 9.90 Å². The van der Waals surface area contributed by atoms with E-state index in [1.165, 1.54) is 0 Å². The highest BCUT2D eigenvalue weighted by Crippen LogP contribution is 2.32. The summed E-state index contributed by atoms with van der Waals surface area (Å²) in [6.07, 6.45) is 2.57. The molecule has 0 aliphatic carbocycles. The molecule has 5 heteroatoms. The third-order valence-corrected chi connectivity index (χ3v) is 3.94. The van der Waals surface area contributed by atoms with Crippen molar-refractivity contribution in [1.29, 1.82) is 0 Å². The summed E-state index contributed by atoms with van der Waals surface area (Å²) in [5.41, 5.74) is 1.93. The topological polar surface area (TPSA) is 62.7 Å². The zero-order valence-corrected chi connectivity index (χ0v) is 12.8. The van der Waals surface area contributed by atoms with Gasteiger partial charge >= 0.3 is 5.97 Å². The molecule has 1 aliphatic rings. The number of hydrogen-bond acceptors (Lipinski definition) is 4. The van der Waals surface area contributed by atoms with Crippen LogP contribution in [0, 0.1) is 5.92 Å². The molecule has 0 spiro atoms. The summed E-state index contributed by atoms with van der Waals surface area (Å²) in [4.78, 5) is 17.7. The summed E-state index contributed by atoms with van der Waals surface area (Å²) in [5, 5.41) is 10.2. The number of benzene rings is 1. The van der Waals surface area contributed by atoms with Crippen LogP contribution in [0.1, 0.15) is 20.3 Å². The first kappa shape index (κ1) is 14.6. The lowest BCUT2D eigenvalue weighted by atomic mass is 10.1. The Kier molecular flexibility index (Phi) is 3.88. The highest BCUT2D eigenvalue weighted by atomic mass is 16.5. The summed E-state index contributed by atoms with van der Waals surface area (Å²) in [6.45, 7) is 5.29. The molecule has 1 N–H and O–H groups in total. The Morgan fingerprint density at radius 2 is 2.23 bits per heavy atom. The minimum absolute atomic E-state index is 0.112. The van der Waals surface area contributed by atoms with Crippen LogP contribution in [0.5, 0.6) is 5.75 Å². The maximum atomic E-state index is 11.2.